The number of aromatic nitrogens is 1. The van der Waals surface area contributed by atoms with Crippen molar-refractivity contribution in [1.82, 2.24) is 10.3 Å². The van der Waals surface area contributed by atoms with Crippen LogP contribution in [0.15, 0.2) is 36.5 Å². The van der Waals surface area contributed by atoms with E-state index in [0.29, 0.717) is 11.6 Å². The fourth-order valence-corrected chi connectivity index (χ4v) is 3.92. The molecule has 2 aromatic rings. The first-order valence-electron chi connectivity index (χ1n) is 9.30. The van der Waals surface area contributed by atoms with Crippen LogP contribution in [0, 0.1) is 25.2 Å². The summed E-state index contributed by atoms with van der Waals surface area (Å²) in [6.45, 7) is 6.10. The Balaban J connectivity index is 1.49. The maximum absolute atomic E-state index is 12.8. The van der Waals surface area contributed by atoms with Crippen molar-refractivity contribution < 1.29 is 9.53 Å². The predicted octanol–water partition coefficient (Wildman–Crippen LogP) is 3.82. The molecule has 1 spiro atoms. The van der Waals surface area contributed by atoms with Gasteiger partial charge >= 0.3 is 0 Å². The molecule has 5 nitrogen and oxygen atoms in total. The second kappa shape index (κ2) is 6.72. The van der Waals surface area contributed by atoms with Gasteiger partial charge in [-0.2, -0.15) is 0 Å². The van der Waals surface area contributed by atoms with Gasteiger partial charge in [-0.1, -0.05) is 12.1 Å². The van der Waals surface area contributed by atoms with Gasteiger partial charge in [0.1, 0.15) is 11.4 Å². The van der Waals surface area contributed by atoms with Gasteiger partial charge in [0.05, 0.1) is 0 Å². The quantitative estimate of drug-likeness (QED) is 0.879. The number of benzene rings is 1. The summed E-state index contributed by atoms with van der Waals surface area (Å²) in [6.07, 6.45) is 4.85. The fourth-order valence-electron chi connectivity index (χ4n) is 3.92. The van der Waals surface area contributed by atoms with Gasteiger partial charge in [0.15, 0.2) is 0 Å². The molecule has 1 saturated carbocycles. The van der Waals surface area contributed by atoms with Crippen LogP contribution in [0.3, 0.4) is 0 Å². The van der Waals surface area contributed by atoms with Crippen molar-refractivity contribution in [2.75, 3.05) is 18.4 Å². The molecule has 26 heavy (non-hydrogen) atoms. The van der Waals surface area contributed by atoms with Crippen LogP contribution < -0.4 is 15.4 Å². The standard InChI is InChI=1S/C21H25N3O2/c1-14-5-3-7-18(15(14)2)26-20-17(6-4-10-23-20)24-19(25)16-13-21(16)8-11-22-12-9-21/h3-7,10,16,22H,8-9,11-13H2,1-2H3,(H,24,25). The summed E-state index contributed by atoms with van der Waals surface area (Å²) >= 11 is 0. The molecule has 1 unspecified atom stereocenters. The van der Waals surface area contributed by atoms with E-state index in [2.05, 4.69) is 28.6 Å². The number of carbonyl (C=O) groups excluding carboxylic acids is 1. The molecule has 2 N–H and O–H groups in total. The largest absolute Gasteiger partial charge is 0.437 e. The van der Waals surface area contributed by atoms with Gasteiger partial charge in [0, 0.05) is 12.1 Å². The number of nitrogens with zero attached hydrogens (tertiary/aromatic N) is 1. The average Bonchev–Trinajstić information content (AvgIpc) is 3.34. The number of anilines is 1. The summed E-state index contributed by atoms with van der Waals surface area (Å²) in [6, 6.07) is 9.61. The fraction of sp³-hybridized carbons (Fsp3) is 0.429. The van der Waals surface area contributed by atoms with Crippen molar-refractivity contribution in [3.8, 4) is 11.6 Å². The van der Waals surface area contributed by atoms with Crippen LogP contribution in [-0.2, 0) is 4.79 Å². The van der Waals surface area contributed by atoms with Crippen LogP contribution >= 0.6 is 0 Å². The van der Waals surface area contributed by atoms with Crippen molar-refractivity contribution in [3.63, 3.8) is 0 Å². The SMILES string of the molecule is Cc1cccc(Oc2ncccc2NC(=O)C2CC23CCNCC3)c1C. The number of aryl methyl sites for hydroxylation is 1. The van der Waals surface area contributed by atoms with E-state index in [1.165, 1.54) is 0 Å². The lowest BCUT2D eigenvalue weighted by molar-refractivity contribution is -0.118. The third kappa shape index (κ3) is 3.19. The summed E-state index contributed by atoms with van der Waals surface area (Å²) < 4.78 is 6.02. The molecule has 1 aliphatic carbocycles. The number of carbonyl (C=O) groups is 1. The predicted molar refractivity (Wildman–Crippen MR) is 102 cm³/mol. The highest BCUT2D eigenvalue weighted by molar-refractivity contribution is 5.96. The van der Waals surface area contributed by atoms with Crippen molar-refractivity contribution in [1.29, 1.82) is 0 Å². The van der Waals surface area contributed by atoms with Gasteiger partial charge in [0.25, 0.3) is 0 Å². The molecule has 1 aromatic heterocycles. The van der Waals surface area contributed by atoms with Crippen LogP contribution in [0.2, 0.25) is 0 Å². The van der Waals surface area contributed by atoms with Crippen molar-refractivity contribution in [3.05, 3.63) is 47.7 Å². The first-order chi connectivity index (χ1) is 12.6. The Hall–Kier alpha value is -2.40. The number of hydrogen-bond donors (Lipinski definition) is 2. The number of ether oxygens (including phenoxy) is 1. The smallest absolute Gasteiger partial charge is 0.243 e. The maximum Gasteiger partial charge on any atom is 0.243 e. The summed E-state index contributed by atoms with van der Waals surface area (Å²) in [5, 5.41) is 6.43. The van der Waals surface area contributed by atoms with Crippen LogP contribution in [0.1, 0.15) is 30.4 Å². The molecule has 2 fully saturated rings. The molecule has 136 valence electrons. The van der Waals surface area contributed by atoms with E-state index in [4.69, 9.17) is 4.74 Å². The van der Waals surface area contributed by atoms with Crippen LogP contribution in [-0.4, -0.2) is 24.0 Å². The van der Waals surface area contributed by atoms with E-state index < -0.39 is 0 Å². The average molecular weight is 351 g/mol. The number of nitrogens with one attached hydrogen (secondary N) is 2. The lowest BCUT2D eigenvalue weighted by Gasteiger charge is -2.23. The Morgan fingerprint density at radius 2 is 2.04 bits per heavy atom. The van der Waals surface area contributed by atoms with E-state index in [-0.39, 0.29) is 17.2 Å². The van der Waals surface area contributed by atoms with E-state index in [1.807, 2.05) is 31.2 Å². The zero-order valence-electron chi connectivity index (χ0n) is 15.3. The Kier molecular flexibility index (Phi) is 4.41. The summed E-state index contributed by atoms with van der Waals surface area (Å²) in [5.41, 5.74) is 3.08. The normalized spacial score (nSPS) is 20.6. The van der Waals surface area contributed by atoms with Crippen molar-refractivity contribution in [2.45, 2.75) is 33.1 Å². The minimum Gasteiger partial charge on any atom is -0.437 e. The lowest BCUT2D eigenvalue weighted by Crippen LogP contribution is -2.31. The van der Waals surface area contributed by atoms with Gasteiger partial charge in [0.2, 0.25) is 11.8 Å². The lowest BCUT2D eigenvalue weighted by atomic mass is 9.92. The molecule has 0 bridgehead atoms. The molecule has 2 heterocycles. The Labute approximate surface area is 154 Å². The Morgan fingerprint density at radius 3 is 2.85 bits per heavy atom. The summed E-state index contributed by atoms with van der Waals surface area (Å²) in [5.74, 6) is 1.40. The van der Waals surface area contributed by atoms with Crippen LogP contribution in [0.4, 0.5) is 5.69 Å². The number of piperidine rings is 1. The molecule has 1 atom stereocenters. The molecule has 1 saturated heterocycles. The summed E-state index contributed by atoms with van der Waals surface area (Å²) in [7, 11) is 0. The van der Waals surface area contributed by atoms with Gasteiger partial charge in [-0.25, -0.2) is 4.98 Å². The molecule has 2 aliphatic rings. The molecular formula is C21H25N3O2. The van der Waals surface area contributed by atoms with Gasteiger partial charge in [-0.3, -0.25) is 4.79 Å². The monoisotopic (exact) mass is 351 g/mol. The third-order valence-electron chi connectivity index (χ3n) is 5.90. The third-order valence-corrected chi connectivity index (χ3v) is 5.90. The first kappa shape index (κ1) is 17.0. The second-order valence-corrected chi connectivity index (χ2v) is 7.51. The molecule has 1 aromatic carbocycles. The van der Waals surface area contributed by atoms with E-state index in [9.17, 15) is 4.79 Å². The van der Waals surface area contributed by atoms with Gasteiger partial charge in [-0.15, -0.1) is 0 Å². The van der Waals surface area contributed by atoms with Crippen molar-refractivity contribution >= 4 is 11.6 Å². The topological polar surface area (TPSA) is 63.2 Å². The molecular weight excluding hydrogens is 326 g/mol. The second-order valence-electron chi connectivity index (χ2n) is 7.51. The zero-order valence-corrected chi connectivity index (χ0v) is 15.3. The highest BCUT2D eigenvalue weighted by Crippen LogP contribution is 2.58. The van der Waals surface area contributed by atoms with E-state index in [1.54, 1.807) is 6.20 Å². The number of pyridine rings is 1. The number of hydrogen-bond acceptors (Lipinski definition) is 4. The minimum atomic E-state index is 0.0886. The highest BCUT2D eigenvalue weighted by Gasteiger charge is 2.57. The molecule has 4 rings (SSSR count). The van der Waals surface area contributed by atoms with Gasteiger partial charge in [-0.05, 0) is 80.9 Å². The van der Waals surface area contributed by atoms with Crippen LogP contribution in [0.5, 0.6) is 11.6 Å². The molecule has 0 radical (unpaired) electrons. The Bertz CT molecular complexity index is 828. The van der Waals surface area contributed by atoms with Crippen LogP contribution in [0.25, 0.3) is 0 Å². The maximum atomic E-state index is 12.8. The van der Waals surface area contributed by atoms with Crippen molar-refractivity contribution in [2.24, 2.45) is 11.3 Å². The van der Waals surface area contributed by atoms with E-state index >= 15 is 0 Å². The zero-order chi connectivity index (χ0) is 18.1. The van der Waals surface area contributed by atoms with Gasteiger partial charge < -0.3 is 15.4 Å². The molecule has 5 heteroatoms. The Morgan fingerprint density at radius 1 is 1.23 bits per heavy atom. The van der Waals surface area contributed by atoms with E-state index in [0.717, 1.165) is 49.2 Å². The highest BCUT2D eigenvalue weighted by atomic mass is 16.5. The number of amides is 1. The molecule has 1 aliphatic heterocycles. The minimum absolute atomic E-state index is 0.0886. The number of rotatable bonds is 4. The molecule has 1 amide bonds. The summed E-state index contributed by atoms with van der Waals surface area (Å²) in [4.78, 5) is 17.1. The first-order valence-corrected chi connectivity index (χ1v) is 9.30.